The molecule has 1 N–H and O–H groups in total. The molecule has 1 heterocycles. The Kier molecular flexibility index (Phi) is 4.04. The zero-order chi connectivity index (χ0) is 10.6. The summed E-state index contributed by atoms with van der Waals surface area (Å²) < 4.78 is 5.56. The molecule has 1 atom stereocenters. The minimum atomic E-state index is 0.111. The van der Waals surface area contributed by atoms with Crippen molar-refractivity contribution in [1.29, 1.82) is 0 Å². The molecule has 0 spiro atoms. The number of rotatable bonds is 3. The number of hydrogen-bond donors (Lipinski definition) is 1. The van der Waals surface area contributed by atoms with Crippen LogP contribution in [0.3, 0.4) is 0 Å². The topological polar surface area (TPSA) is 29.5 Å². The number of aliphatic hydroxyl groups excluding tert-OH is 1. The van der Waals surface area contributed by atoms with Crippen LogP contribution < -0.4 is 0 Å². The second-order valence-corrected chi connectivity index (χ2v) is 5.52. The van der Waals surface area contributed by atoms with E-state index in [-0.39, 0.29) is 5.41 Å². The summed E-state index contributed by atoms with van der Waals surface area (Å²) in [7, 11) is 0. The Hall–Kier alpha value is -0.0800. The van der Waals surface area contributed by atoms with Crippen LogP contribution in [0.25, 0.3) is 0 Å². The molecule has 0 aromatic rings. The summed E-state index contributed by atoms with van der Waals surface area (Å²) in [6.45, 7) is 2.01. The van der Waals surface area contributed by atoms with E-state index in [4.69, 9.17) is 4.74 Å². The van der Waals surface area contributed by atoms with Crippen molar-refractivity contribution >= 4 is 0 Å². The Morgan fingerprint density at radius 1 is 1.13 bits per heavy atom. The molecule has 0 amide bonds. The molecular weight excluding hydrogens is 188 g/mol. The van der Waals surface area contributed by atoms with Gasteiger partial charge in [0.15, 0.2) is 0 Å². The van der Waals surface area contributed by atoms with E-state index in [1.54, 1.807) is 0 Å². The lowest BCUT2D eigenvalue weighted by Gasteiger charge is -2.39. The fourth-order valence-electron chi connectivity index (χ4n) is 3.26. The van der Waals surface area contributed by atoms with E-state index < -0.39 is 0 Å². The van der Waals surface area contributed by atoms with Gasteiger partial charge in [0.1, 0.15) is 0 Å². The minimum absolute atomic E-state index is 0.111. The smallest absolute Gasteiger partial charge is 0.0544 e. The highest BCUT2D eigenvalue weighted by molar-refractivity contribution is 4.84. The van der Waals surface area contributed by atoms with E-state index in [1.807, 2.05) is 0 Å². The maximum atomic E-state index is 9.59. The zero-order valence-electron chi connectivity index (χ0n) is 9.71. The molecule has 88 valence electrons. The Labute approximate surface area is 93.0 Å². The van der Waals surface area contributed by atoms with Gasteiger partial charge in [0.25, 0.3) is 0 Å². The highest BCUT2D eigenvalue weighted by atomic mass is 16.5. The van der Waals surface area contributed by atoms with E-state index in [0.717, 1.165) is 25.6 Å². The van der Waals surface area contributed by atoms with E-state index in [9.17, 15) is 5.11 Å². The van der Waals surface area contributed by atoms with Gasteiger partial charge in [-0.3, -0.25) is 0 Å². The molecule has 2 fully saturated rings. The van der Waals surface area contributed by atoms with Crippen molar-refractivity contribution in [1.82, 2.24) is 0 Å². The molecule has 1 unspecified atom stereocenters. The third-order valence-corrected chi connectivity index (χ3v) is 4.19. The predicted octanol–water partition coefficient (Wildman–Crippen LogP) is 2.75. The van der Waals surface area contributed by atoms with Gasteiger partial charge in [-0.1, -0.05) is 32.1 Å². The first-order valence-corrected chi connectivity index (χ1v) is 6.53. The van der Waals surface area contributed by atoms with Crippen molar-refractivity contribution < 1.29 is 9.84 Å². The van der Waals surface area contributed by atoms with Crippen LogP contribution in [0, 0.1) is 11.3 Å². The third kappa shape index (κ3) is 2.94. The quantitative estimate of drug-likeness (QED) is 0.779. The van der Waals surface area contributed by atoms with Crippen LogP contribution in [-0.4, -0.2) is 24.9 Å². The molecule has 0 radical (unpaired) electrons. The molecule has 2 rings (SSSR count). The average Bonchev–Trinajstić information content (AvgIpc) is 2.32. The summed E-state index contributed by atoms with van der Waals surface area (Å²) in [4.78, 5) is 0. The van der Waals surface area contributed by atoms with Crippen LogP contribution in [0.1, 0.15) is 51.4 Å². The van der Waals surface area contributed by atoms with Crippen molar-refractivity contribution in [3.63, 3.8) is 0 Å². The second-order valence-electron chi connectivity index (χ2n) is 5.52. The zero-order valence-corrected chi connectivity index (χ0v) is 9.71. The van der Waals surface area contributed by atoms with Crippen LogP contribution in [0.2, 0.25) is 0 Å². The largest absolute Gasteiger partial charge is 0.396 e. The van der Waals surface area contributed by atoms with Gasteiger partial charge < -0.3 is 9.84 Å². The van der Waals surface area contributed by atoms with Gasteiger partial charge in [0.2, 0.25) is 0 Å². The third-order valence-electron chi connectivity index (χ3n) is 4.19. The van der Waals surface area contributed by atoms with Crippen molar-refractivity contribution in [3.8, 4) is 0 Å². The molecule has 1 aliphatic heterocycles. The molecule has 2 heteroatoms. The maximum Gasteiger partial charge on any atom is 0.0544 e. The van der Waals surface area contributed by atoms with Gasteiger partial charge in [0, 0.05) is 12.0 Å². The van der Waals surface area contributed by atoms with Crippen LogP contribution in [0.15, 0.2) is 0 Å². The lowest BCUT2D eigenvalue weighted by molar-refractivity contribution is -0.0533. The second kappa shape index (κ2) is 5.31. The predicted molar refractivity (Wildman–Crippen MR) is 60.8 cm³/mol. The van der Waals surface area contributed by atoms with Gasteiger partial charge in [-0.2, -0.15) is 0 Å². The summed E-state index contributed by atoms with van der Waals surface area (Å²) in [5, 5.41) is 9.59. The van der Waals surface area contributed by atoms with Crippen LogP contribution in [0.4, 0.5) is 0 Å². The minimum Gasteiger partial charge on any atom is -0.396 e. The van der Waals surface area contributed by atoms with Crippen LogP contribution >= 0.6 is 0 Å². The summed E-state index contributed by atoms with van der Waals surface area (Å²) in [5.74, 6) is 0.854. The normalized spacial score (nSPS) is 34.2. The standard InChI is InChI=1S/C13H24O2/c14-10-13(7-4-8-15-11-13)9-12-5-2-1-3-6-12/h12,14H,1-11H2. The van der Waals surface area contributed by atoms with Gasteiger partial charge >= 0.3 is 0 Å². The van der Waals surface area contributed by atoms with Crippen molar-refractivity contribution in [2.75, 3.05) is 19.8 Å². The van der Waals surface area contributed by atoms with E-state index in [1.165, 1.54) is 44.9 Å². The number of hydrogen-bond acceptors (Lipinski definition) is 2. The van der Waals surface area contributed by atoms with Crippen molar-refractivity contribution in [2.24, 2.45) is 11.3 Å². The molecule has 2 aliphatic rings. The molecule has 0 aromatic heterocycles. The number of ether oxygens (including phenoxy) is 1. The molecule has 15 heavy (non-hydrogen) atoms. The van der Waals surface area contributed by atoms with Gasteiger partial charge in [-0.15, -0.1) is 0 Å². The molecule has 1 saturated heterocycles. The fourth-order valence-corrected chi connectivity index (χ4v) is 3.26. The first-order chi connectivity index (χ1) is 7.35. The lowest BCUT2D eigenvalue weighted by Crippen LogP contribution is -2.37. The fraction of sp³-hybridized carbons (Fsp3) is 1.00. The Bertz CT molecular complexity index is 179. The number of aliphatic hydroxyl groups is 1. The molecule has 0 bridgehead atoms. The summed E-state index contributed by atoms with van der Waals surface area (Å²) in [5.41, 5.74) is 0.111. The van der Waals surface area contributed by atoms with Gasteiger partial charge in [0.05, 0.1) is 13.2 Å². The molecule has 0 aromatic carbocycles. The molecule has 2 nitrogen and oxygen atoms in total. The van der Waals surface area contributed by atoms with Crippen LogP contribution in [0.5, 0.6) is 0 Å². The Balaban J connectivity index is 1.87. The lowest BCUT2D eigenvalue weighted by atomic mass is 9.72. The van der Waals surface area contributed by atoms with E-state index in [2.05, 4.69) is 0 Å². The maximum absolute atomic E-state index is 9.59. The first-order valence-electron chi connectivity index (χ1n) is 6.53. The highest BCUT2D eigenvalue weighted by Gasteiger charge is 2.34. The molecule has 1 saturated carbocycles. The highest BCUT2D eigenvalue weighted by Crippen LogP contribution is 2.39. The summed E-state index contributed by atoms with van der Waals surface area (Å²) in [6, 6.07) is 0. The summed E-state index contributed by atoms with van der Waals surface area (Å²) >= 11 is 0. The van der Waals surface area contributed by atoms with Gasteiger partial charge in [-0.25, -0.2) is 0 Å². The van der Waals surface area contributed by atoms with E-state index >= 15 is 0 Å². The average molecular weight is 212 g/mol. The molecular formula is C13H24O2. The Morgan fingerprint density at radius 2 is 1.93 bits per heavy atom. The van der Waals surface area contributed by atoms with Crippen LogP contribution in [-0.2, 0) is 4.74 Å². The van der Waals surface area contributed by atoms with Gasteiger partial charge in [-0.05, 0) is 25.2 Å². The van der Waals surface area contributed by atoms with Crippen molar-refractivity contribution in [2.45, 2.75) is 51.4 Å². The summed E-state index contributed by atoms with van der Waals surface area (Å²) in [6.07, 6.45) is 10.5. The molecule has 1 aliphatic carbocycles. The van der Waals surface area contributed by atoms with E-state index in [0.29, 0.717) is 6.61 Å². The van der Waals surface area contributed by atoms with Crippen molar-refractivity contribution in [3.05, 3.63) is 0 Å². The monoisotopic (exact) mass is 212 g/mol. The Morgan fingerprint density at radius 3 is 2.53 bits per heavy atom. The SMILES string of the molecule is OCC1(CC2CCCCC2)CCCOC1. The first kappa shape index (κ1) is 11.4.